The van der Waals surface area contributed by atoms with E-state index in [1.165, 1.54) is 0 Å². The molecule has 0 aliphatic heterocycles. The van der Waals surface area contributed by atoms with Crippen molar-refractivity contribution in [1.82, 2.24) is 0 Å². The monoisotopic (exact) mass is 476 g/mol. The summed E-state index contributed by atoms with van der Waals surface area (Å²) in [6.45, 7) is 1.89. The van der Waals surface area contributed by atoms with Crippen LogP contribution in [0, 0.1) is 6.92 Å². The molecule has 0 saturated heterocycles. The number of rotatable bonds is 6. The average Bonchev–Trinajstić information content (AvgIpc) is 2.67. The van der Waals surface area contributed by atoms with Gasteiger partial charge in [-0.05, 0) is 48.9 Å². The van der Waals surface area contributed by atoms with Crippen LogP contribution >= 0.6 is 27.5 Å². The summed E-state index contributed by atoms with van der Waals surface area (Å²) in [5.41, 5.74) is 1.98. The Bertz CT molecular complexity index is 1070. The third-order valence-corrected chi connectivity index (χ3v) is 7.40. The molecular weight excluding hydrogens is 460 g/mol. The van der Waals surface area contributed by atoms with Crippen LogP contribution in [-0.4, -0.2) is 14.2 Å². The molecule has 1 atom stereocenters. The molecule has 0 aromatic heterocycles. The summed E-state index contributed by atoms with van der Waals surface area (Å²) in [6, 6.07) is 20.2. The number of carbonyl (C=O) groups excluding carboxylic acids is 1. The van der Waals surface area contributed by atoms with Gasteiger partial charge in [0, 0.05) is 21.5 Å². The van der Waals surface area contributed by atoms with Gasteiger partial charge >= 0.3 is 0 Å². The van der Waals surface area contributed by atoms with Gasteiger partial charge in [-0.3, -0.25) is 4.79 Å². The van der Waals surface area contributed by atoms with E-state index in [0.717, 1.165) is 10.0 Å². The molecule has 0 aliphatic rings. The minimum absolute atomic E-state index is 0.153. The number of hydrogen-bond donors (Lipinski definition) is 0. The molecule has 6 heteroatoms. The van der Waals surface area contributed by atoms with E-state index in [9.17, 15) is 13.2 Å². The molecule has 0 spiro atoms. The number of aryl methyl sites for hydroxylation is 1. The molecule has 0 radical (unpaired) electrons. The summed E-state index contributed by atoms with van der Waals surface area (Å²) in [5, 5.41) is -0.488. The summed E-state index contributed by atoms with van der Waals surface area (Å²) in [6.07, 6.45) is -0.153. The van der Waals surface area contributed by atoms with Crippen LogP contribution < -0.4 is 0 Å². The second-order valence-corrected chi connectivity index (χ2v) is 10.0. The molecule has 28 heavy (non-hydrogen) atoms. The number of ketones is 1. The molecule has 0 aliphatic carbocycles. The number of carbonyl (C=O) groups is 1. The van der Waals surface area contributed by atoms with Crippen molar-refractivity contribution in [2.45, 2.75) is 23.5 Å². The predicted octanol–water partition coefficient (Wildman–Crippen LogP) is 6.20. The Morgan fingerprint density at radius 1 is 0.929 bits per heavy atom. The molecule has 3 aromatic rings. The number of Topliss-reactive ketones (excluding diaryl/α,β-unsaturated/α-hetero) is 1. The van der Waals surface area contributed by atoms with Gasteiger partial charge in [0.05, 0.1) is 10.1 Å². The van der Waals surface area contributed by atoms with Gasteiger partial charge in [-0.15, -0.1) is 0 Å². The third-order valence-electron chi connectivity index (χ3n) is 4.50. The molecule has 0 heterocycles. The quantitative estimate of drug-likeness (QED) is 0.397. The summed E-state index contributed by atoms with van der Waals surface area (Å²) < 4.78 is 27.6. The van der Waals surface area contributed by atoms with Crippen LogP contribution in [0.1, 0.15) is 33.2 Å². The SMILES string of the molecule is Cc1ccc(S(=O)(=O)[C@H](CC(=O)c2ccc(Br)cc2)c2ccc(Cl)cc2)cc1. The highest BCUT2D eigenvalue weighted by molar-refractivity contribution is 9.10. The fourth-order valence-electron chi connectivity index (χ4n) is 2.90. The van der Waals surface area contributed by atoms with Gasteiger partial charge in [0.25, 0.3) is 0 Å². The maximum absolute atomic E-state index is 13.4. The van der Waals surface area contributed by atoms with Gasteiger partial charge in [0.15, 0.2) is 15.6 Å². The van der Waals surface area contributed by atoms with Gasteiger partial charge in [-0.2, -0.15) is 0 Å². The van der Waals surface area contributed by atoms with E-state index in [-0.39, 0.29) is 17.1 Å². The topological polar surface area (TPSA) is 51.2 Å². The number of benzene rings is 3. The standard InChI is InChI=1S/C22H18BrClO3S/c1-15-2-12-20(13-3-15)28(26,27)22(17-6-10-19(24)11-7-17)14-21(25)16-4-8-18(23)9-5-16/h2-13,22H,14H2,1H3/t22-/m1/s1. The van der Waals surface area contributed by atoms with Crippen molar-refractivity contribution in [2.75, 3.05) is 0 Å². The third kappa shape index (κ3) is 4.72. The Hall–Kier alpha value is -1.95. The van der Waals surface area contributed by atoms with Crippen LogP contribution in [0.5, 0.6) is 0 Å². The molecule has 0 bridgehead atoms. The molecule has 144 valence electrons. The second kappa shape index (κ2) is 8.60. The zero-order chi connectivity index (χ0) is 20.3. The van der Waals surface area contributed by atoms with Crippen molar-refractivity contribution in [3.05, 3.63) is 99.0 Å². The van der Waals surface area contributed by atoms with E-state index in [1.807, 2.05) is 6.92 Å². The summed E-state index contributed by atoms with van der Waals surface area (Å²) >= 11 is 9.30. The van der Waals surface area contributed by atoms with Crippen molar-refractivity contribution in [1.29, 1.82) is 0 Å². The maximum Gasteiger partial charge on any atom is 0.185 e. The smallest absolute Gasteiger partial charge is 0.185 e. The highest BCUT2D eigenvalue weighted by Gasteiger charge is 2.31. The van der Waals surface area contributed by atoms with Gasteiger partial charge in [-0.1, -0.05) is 69.5 Å². The second-order valence-electron chi connectivity index (χ2n) is 6.53. The minimum Gasteiger partial charge on any atom is -0.294 e. The van der Waals surface area contributed by atoms with E-state index in [4.69, 9.17) is 11.6 Å². The van der Waals surface area contributed by atoms with E-state index in [0.29, 0.717) is 16.1 Å². The normalized spacial score (nSPS) is 12.5. The zero-order valence-electron chi connectivity index (χ0n) is 15.1. The highest BCUT2D eigenvalue weighted by atomic mass is 79.9. The van der Waals surface area contributed by atoms with Gasteiger partial charge in [-0.25, -0.2) is 8.42 Å². The first-order valence-corrected chi connectivity index (χ1v) is 11.3. The van der Waals surface area contributed by atoms with E-state index in [1.54, 1.807) is 72.8 Å². The van der Waals surface area contributed by atoms with Gasteiger partial charge in [0.1, 0.15) is 0 Å². The van der Waals surface area contributed by atoms with E-state index < -0.39 is 15.1 Å². The van der Waals surface area contributed by atoms with Gasteiger partial charge in [0.2, 0.25) is 0 Å². The molecule has 0 unspecified atom stereocenters. The summed E-state index contributed by atoms with van der Waals surface area (Å²) in [7, 11) is -3.77. The van der Waals surface area contributed by atoms with Gasteiger partial charge < -0.3 is 0 Å². The fraction of sp³-hybridized carbons (Fsp3) is 0.136. The first-order chi connectivity index (χ1) is 13.3. The van der Waals surface area contributed by atoms with Crippen molar-refractivity contribution in [2.24, 2.45) is 0 Å². The maximum atomic E-state index is 13.4. The lowest BCUT2D eigenvalue weighted by Crippen LogP contribution is -2.18. The molecule has 0 fully saturated rings. The Balaban J connectivity index is 2.02. The molecule has 3 nitrogen and oxygen atoms in total. The lowest BCUT2D eigenvalue weighted by Gasteiger charge is -2.18. The Labute approximate surface area is 178 Å². The Kier molecular flexibility index (Phi) is 6.38. The number of sulfone groups is 1. The molecule has 0 amide bonds. The van der Waals surface area contributed by atoms with E-state index >= 15 is 0 Å². The first-order valence-electron chi connectivity index (χ1n) is 8.62. The lowest BCUT2D eigenvalue weighted by molar-refractivity contribution is 0.0980. The molecule has 3 rings (SSSR count). The lowest BCUT2D eigenvalue weighted by atomic mass is 10.0. The zero-order valence-corrected chi connectivity index (χ0v) is 18.3. The largest absolute Gasteiger partial charge is 0.294 e. The minimum atomic E-state index is -3.77. The van der Waals surface area contributed by atoms with Crippen molar-refractivity contribution in [3.8, 4) is 0 Å². The molecule has 3 aromatic carbocycles. The number of halogens is 2. The van der Waals surface area contributed by atoms with Crippen LogP contribution in [-0.2, 0) is 9.84 Å². The molecule has 0 saturated carbocycles. The van der Waals surface area contributed by atoms with Crippen LogP contribution in [0.3, 0.4) is 0 Å². The van der Waals surface area contributed by atoms with Crippen molar-refractivity contribution >= 4 is 43.2 Å². The predicted molar refractivity (Wildman–Crippen MR) is 116 cm³/mol. The Morgan fingerprint density at radius 3 is 2.07 bits per heavy atom. The Morgan fingerprint density at radius 2 is 1.50 bits per heavy atom. The van der Waals surface area contributed by atoms with E-state index in [2.05, 4.69) is 15.9 Å². The fourth-order valence-corrected chi connectivity index (χ4v) is 5.02. The van der Waals surface area contributed by atoms with Crippen LogP contribution in [0.15, 0.2) is 82.2 Å². The average molecular weight is 478 g/mol. The highest BCUT2D eigenvalue weighted by Crippen LogP contribution is 2.34. The number of hydrogen-bond acceptors (Lipinski definition) is 3. The first kappa shape index (κ1) is 20.8. The van der Waals surface area contributed by atoms with Crippen molar-refractivity contribution < 1.29 is 13.2 Å². The van der Waals surface area contributed by atoms with Crippen LogP contribution in [0.4, 0.5) is 0 Å². The molecular formula is C22H18BrClO3S. The van der Waals surface area contributed by atoms with Crippen LogP contribution in [0.2, 0.25) is 5.02 Å². The molecule has 0 N–H and O–H groups in total. The van der Waals surface area contributed by atoms with Crippen LogP contribution in [0.25, 0.3) is 0 Å². The van der Waals surface area contributed by atoms with Crippen molar-refractivity contribution in [3.63, 3.8) is 0 Å². The summed E-state index contributed by atoms with van der Waals surface area (Å²) in [4.78, 5) is 13.0. The summed E-state index contributed by atoms with van der Waals surface area (Å²) in [5.74, 6) is -0.233.